The van der Waals surface area contributed by atoms with E-state index in [0.717, 1.165) is 70.0 Å². The van der Waals surface area contributed by atoms with E-state index >= 15 is 0 Å². The van der Waals surface area contributed by atoms with Crippen molar-refractivity contribution in [2.24, 2.45) is 5.92 Å². The van der Waals surface area contributed by atoms with Gasteiger partial charge in [0.05, 0.1) is 18.8 Å². The Labute approximate surface area is 161 Å². The molecule has 0 atom stereocenters. The first-order chi connectivity index (χ1) is 13.1. The summed E-state index contributed by atoms with van der Waals surface area (Å²) in [5.74, 6) is 0.0642. The first-order valence-corrected chi connectivity index (χ1v) is 9.95. The van der Waals surface area contributed by atoms with Gasteiger partial charge in [-0.05, 0) is 49.3 Å². The number of nitrogens with zero attached hydrogens (tertiary/aromatic N) is 1. The van der Waals surface area contributed by atoms with E-state index in [1.165, 1.54) is 0 Å². The maximum Gasteiger partial charge on any atom is 0.338 e. The van der Waals surface area contributed by atoms with Crippen LogP contribution in [0.5, 0.6) is 0 Å². The van der Waals surface area contributed by atoms with Gasteiger partial charge in [0.1, 0.15) is 0 Å². The van der Waals surface area contributed by atoms with Gasteiger partial charge in [-0.2, -0.15) is 0 Å². The van der Waals surface area contributed by atoms with Crippen molar-refractivity contribution < 1.29 is 19.1 Å². The number of nitrogens with one attached hydrogen (secondary N) is 1. The molecule has 1 saturated heterocycles. The summed E-state index contributed by atoms with van der Waals surface area (Å²) < 4.78 is 10.5. The number of carbonyl (C=O) groups is 2. The van der Waals surface area contributed by atoms with Crippen LogP contribution in [-0.4, -0.2) is 55.7 Å². The molecule has 0 unspecified atom stereocenters. The van der Waals surface area contributed by atoms with Gasteiger partial charge in [-0.1, -0.05) is 19.1 Å². The van der Waals surface area contributed by atoms with Crippen LogP contribution >= 0.6 is 0 Å². The molecule has 6 nitrogen and oxygen atoms in total. The van der Waals surface area contributed by atoms with Crippen molar-refractivity contribution in [1.29, 1.82) is 0 Å². The highest BCUT2D eigenvalue weighted by molar-refractivity contribution is 5.91. The smallest absolute Gasteiger partial charge is 0.338 e. The van der Waals surface area contributed by atoms with E-state index < -0.39 is 5.97 Å². The molecule has 1 aromatic carbocycles. The number of hydrogen-bond acceptors (Lipinski definition) is 5. The number of ether oxygens (including phenoxy) is 2. The maximum absolute atomic E-state index is 12.2. The SMILES string of the molecule is CC1CCC(NC(=O)COC(=O)c2ccc(CN3CCOCC3)cc2)CC1. The van der Waals surface area contributed by atoms with E-state index in [0.29, 0.717) is 5.56 Å². The van der Waals surface area contributed by atoms with Crippen molar-refractivity contribution >= 4 is 11.9 Å². The highest BCUT2D eigenvalue weighted by atomic mass is 16.5. The lowest BCUT2D eigenvalue weighted by atomic mass is 9.87. The van der Waals surface area contributed by atoms with Crippen LogP contribution in [0, 0.1) is 5.92 Å². The van der Waals surface area contributed by atoms with Crippen LogP contribution in [0.15, 0.2) is 24.3 Å². The topological polar surface area (TPSA) is 67.9 Å². The third kappa shape index (κ3) is 6.33. The molecular weight excluding hydrogens is 344 g/mol. The normalized spacial score (nSPS) is 23.6. The molecule has 1 heterocycles. The van der Waals surface area contributed by atoms with E-state index in [9.17, 15) is 9.59 Å². The lowest BCUT2D eigenvalue weighted by molar-refractivity contribution is -0.125. The Balaban J connectivity index is 1.40. The Morgan fingerprint density at radius 3 is 2.44 bits per heavy atom. The summed E-state index contributed by atoms with van der Waals surface area (Å²) in [7, 11) is 0. The number of hydrogen-bond donors (Lipinski definition) is 1. The van der Waals surface area contributed by atoms with Gasteiger partial charge in [-0.3, -0.25) is 9.69 Å². The molecule has 0 bridgehead atoms. The third-order valence-electron chi connectivity index (χ3n) is 5.41. The lowest BCUT2D eigenvalue weighted by Crippen LogP contribution is -2.39. The summed E-state index contributed by atoms with van der Waals surface area (Å²) in [6.07, 6.45) is 4.29. The number of morpholine rings is 1. The van der Waals surface area contributed by atoms with Crippen molar-refractivity contribution in [3.8, 4) is 0 Å². The van der Waals surface area contributed by atoms with Gasteiger partial charge in [0, 0.05) is 25.7 Å². The van der Waals surface area contributed by atoms with Crippen LogP contribution in [0.25, 0.3) is 0 Å². The first-order valence-electron chi connectivity index (χ1n) is 9.95. The molecule has 1 aliphatic heterocycles. The Bertz CT molecular complexity index is 618. The van der Waals surface area contributed by atoms with Gasteiger partial charge in [-0.25, -0.2) is 4.79 Å². The standard InChI is InChI=1S/C21H30N2O4/c1-16-2-8-19(9-3-16)22-20(24)15-27-21(25)18-6-4-17(5-7-18)14-23-10-12-26-13-11-23/h4-7,16,19H,2-3,8-15H2,1H3,(H,22,24). The second-order valence-electron chi connectivity index (χ2n) is 7.69. The summed E-state index contributed by atoms with van der Waals surface area (Å²) in [5, 5.41) is 2.97. The number of esters is 1. The fraction of sp³-hybridized carbons (Fsp3) is 0.619. The Morgan fingerprint density at radius 2 is 1.78 bits per heavy atom. The predicted molar refractivity (Wildman–Crippen MR) is 102 cm³/mol. The van der Waals surface area contributed by atoms with Crippen molar-refractivity contribution in [3.05, 3.63) is 35.4 Å². The average Bonchev–Trinajstić information content (AvgIpc) is 2.69. The highest BCUT2D eigenvalue weighted by Crippen LogP contribution is 2.23. The van der Waals surface area contributed by atoms with E-state index in [4.69, 9.17) is 9.47 Å². The van der Waals surface area contributed by atoms with Crippen LogP contribution in [0.1, 0.15) is 48.5 Å². The molecule has 1 aromatic rings. The van der Waals surface area contributed by atoms with Crippen LogP contribution < -0.4 is 5.32 Å². The van der Waals surface area contributed by atoms with Crippen molar-refractivity contribution in [2.75, 3.05) is 32.9 Å². The van der Waals surface area contributed by atoms with Crippen LogP contribution in [0.2, 0.25) is 0 Å². The summed E-state index contributed by atoms with van der Waals surface area (Å²) in [4.78, 5) is 26.5. The van der Waals surface area contributed by atoms with Gasteiger partial charge in [0.25, 0.3) is 5.91 Å². The molecular formula is C21H30N2O4. The number of rotatable bonds is 6. The molecule has 1 N–H and O–H groups in total. The van der Waals surface area contributed by atoms with Crippen LogP contribution in [-0.2, 0) is 20.8 Å². The monoisotopic (exact) mass is 374 g/mol. The minimum absolute atomic E-state index is 0.215. The number of benzene rings is 1. The first kappa shape index (κ1) is 19.8. The summed E-state index contributed by atoms with van der Waals surface area (Å²) >= 11 is 0. The maximum atomic E-state index is 12.2. The molecule has 148 valence electrons. The largest absolute Gasteiger partial charge is 0.452 e. The van der Waals surface area contributed by atoms with Crippen molar-refractivity contribution in [2.45, 2.75) is 45.2 Å². The molecule has 0 aromatic heterocycles. The molecule has 0 spiro atoms. The molecule has 2 aliphatic rings. The molecule has 1 amide bonds. The van der Waals surface area contributed by atoms with Crippen molar-refractivity contribution in [3.63, 3.8) is 0 Å². The predicted octanol–water partition coefficient (Wildman–Crippen LogP) is 2.37. The van der Waals surface area contributed by atoms with E-state index in [2.05, 4.69) is 17.1 Å². The van der Waals surface area contributed by atoms with Gasteiger partial charge in [0.2, 0.25) is 0 Å². The second-order valence-corrected chi connectivity index (χ2v) is 7.69. The minimum atomic E-state index is -0.458. The third-order valence-corrected chi connectivity index (χ3v) is 5.41. The van der Waals surface area contributed by atoms with Gasteiger partial charge in [-0.15, -0.1) is 0 Å². The Hall–Kier alpha value is -1.92. The van der Waals surface area contributed by atoms with Crippen LogP contribution in [0.3, 0.4) is 0 Å². The molecule has 2 fully saturated rings. The van der Waals surface area contributed by atoms with Gasteiger partial charge >= 0.3 is 5.97 Å². The van der Waals surface area contributed by atoms with Crippen LogP contribution in [0.4, 0.5) is 0 Å². The van der Waals surface area contributed by atoms with E-state index in [-0.39, 0.29) is 18.6 Å². The second kappa shape index (κ2) is 9.85. The fourth-order valence-corrected chi connectivity index (χ4v) is 3.65. The summed E-state index contributed by atoms with van der Waals surface area (Å²) in [6.45, 7) is 6.27. The molecule has 6 heteroatoms. The minimum Gasteiger partial charge on any atom is -0.452 e. The molecule has 1 aliphatic carbocycles. The Morgan fingerprint density at radius 1 is 1.11 bits per heavy atom. The van der Waals surface area contributed by atoms with E-state index in [1.807, 2.05) is 12.1 Å². The average molecular weight is 374 g/mol. The highest BCUT2D eigenvalue weighted by Gasteiger charge is 2.20. The number of amides is 1. The van der Waals surface area contributed by atoms with Gasteiger partial charge < -0.3 is 14.8 Å². The Kier molecular flexibility index (Phi) is 7.24. The zero-order chi connectivity index (χ0) is 19.1. The zero-order valence-corrected chi connectivity index (χ0v) is 16.1. The summed E-state index contributed by atoms with van der Waals surface area (Å²) in [5.41, 5.74) is 1.62. The molecule has 1 saturated carbocycles. The summed E-state index contributed by atoms with van der Waals surface area (Å²) in [6, 6.07) is 7.62. The lowest BCUT2D eigenvalue weighted by Gasteiger charge is -2.26. The molecule has 3 rings (SSSR count). The molecule has 0 radical (unpaired) electrons. The van der Waals surface area contributed by atoms with Gasteiger partial charge in [0.15, 0.2) is 6.61 Å². The quantitative estimate of drug-likeness (QED) is 0.775. The zero-order valence-electron chi connectivity index (χ0n) is 16.1. The van der Waals surface area contributed by atoms with E-state index in [1.54, 1.807) is 12.1 Å². The molecule has 27 heavy (non-hydrogen) atoms. The number of carbonyl (C=O) groups excluding carboxylic acids is 2. The van der Waals surface area contributed by atoms with Crippen molar-refractivity contribution in [1.82, 2.24) is 10.2 Å². The fourth-order valence-electron chi connectivity index (χ4n) is 3.65.